The zero-order valence-corrected chi connectivity index (χ0v) is 9.65. The van der Waals surface area contributed by atoms with Crippen LogP contribution in [-0.4, -0.2) is 6.04 Å². The Labute approximate surface area is 93.7 Å². The highest BCUT2D eigenvalue weighted by molar-refractivity contribution is 5.49. The van der Waals surface area contributed by atoms with E-state index in [4.69, 9.17) is 0 Å². The van der Waals surface area contributed by atoms with Gasteiger partial charge >= 0.3 is 6.18 Å². The molecule has 1 nitrogen and oxygen atoms in total. The van der Waals surface area contributed by atoms with E-state index in [-0.39, 0.29) is 6.04 Å². The number of aryl methyl sites for hydroxylation is 1. The third kappa shape index (κ3) is 3.43. The van der Waals surface area contributed by atoms with Crippen molar-refractivity contribution >= 4 is 5.69 Å². The van der Waals surface area contributed by atoms with Crippen LogP contribution in [0.3, 0.4) is 0 Å². The predicted molar refractivity (Wildman–Crippen MR) is 59.6 cm³/mol. The quantitative estimate of drug-likeness (QED) is 0.821. The van der Waals surface area contributed by atoms with Crippen molar-refractivity contribution in [1.82, 2.24) is 0 Å². The molecule has 0 amide bonds. The van der Waals surface area contributed by atoms with Crippen LogP contribution in [0.4, 0.5) is 18.9 Å². The molecule has 1 unspecified atom stereocenters. The fraction of sp³-hybridized carbons (Fsp3) is 0.500. The molecule has 0 radical (unpaired) electrons. The zero-order valence-electron chi connectivity index (χ0n) is 9.65. The van der Waals surface area contributed by atoms with Crippen LogP contribution in [0.25, 0.3) is 0 Å². The summed E-state index contributed by atoms with van der Waals surface area (Å²) in [6.45, 7) is 5.59. The molecule has 90 valence electrons. The Morgan fingerprint density at radius 1 is 1.25 bits per heavy atom. The van der Waals surface area contributed by atoms with Gasteiger partial charge in [-0.2, -0.15) is 13.2 Å². The molecule has 0 aliphatic heterocycles. The first-order chi connectivity index (χ1) is 7.32. The number of hydrogen-bond donors (Lipinski definition) is 1. The van der Waals surface area contributed by atoms with Crippen molar-refractivity contribution in [2.75, 3.05) is 5.32 Å². The highest BCUT2D eigenvalue weighted by Crippen LogP contribution is 2.32. The molecule has 0 saturated heterocycles. The Balaban J connectivity index is 2.99. The molecule has 0 aliphatic rings. The first kappa shape index (κ1) is 12.9. The smallest absolute Gasteiger partial charge is 0.383 e. The lowest BCUT2D eigenvalue weighted by atomic mass is 10.1. The lowest BCUT2D eigenvalue weighted by Crippen LogP contribution is -2.14. The van der Waals surface area contributed by atoms with E-state index >= 15 is 0 Å². The van der Waals surface area contributed by atoms with Crippen molar-refractivity contribution in [1.29, 1.82) is 0 Å². The molecule has 16 heavy (non-hydrogen) atoms. The lowest BCUT2D eigenvalue weighted by molar-refractivity contribution is -0.137. The van der Waals surface area contributed by atoms with Crippen molar-refractivity contribution in [3.8, 4) is 0 Å². The van der Waals surface area contributed by atoms with Crippen LogP contribution >= 0.6 is 0 Å². The second-order valence-electron chi connectivity index (χ2n) is 4.04. The molecule has 1 atom stereocenters. The van der Waals surface area contributed by atoms with Crippen LogP contribution in [0.15, 0.2) is 18.2 Å². The Morgan fingerprint density at radius 2 is 1.88 bits per heavy atom. The van der Waals surface area contributed by atoms with E-state index in [0.717, 1.165) is 18.6 Å². The standard InChI is InChI=1S/C12H16F3N/c1-4-9(3)16-11-6-8(2)5-10(7-11)12(13,14)15/h5-7,9,16H,4H2,1-3H3. The summed E-state index contributed by atoms with van der Waals surface area (Å²) in [7, 11) is 0. The molecule has 0 aromatic heterocycles. The van der Waals surface area contributed by atoms with Gasteiger partial charge in [-0.05, 0) is 44.0 Å². The molecule has 0 bridgehead atoms. The van der Waals surface area contributed by atoms with Crippen molar-refractivity contribution < 1.29 is 13.2 Å². The monoisotopic (exact) mass is 231 g/mol. The van der Waals surface area contributed by atoms with Crippen molar-refractivity contribution in [3.63, 3.8) is 0 Å². The van der Waals surface area contributed by atoms with Gasteiger partial charge in [0, 0.05) is 11.7 Å². The molecule has 0 saturated carbocycles. The number of halogens is 3. The maximum Gasteiger partial charge on any atom is 0.416 e. The van der Waals surface area contributed by atoms with Crippen LogP contribution in [0.2, 0.25) is 0 Å². The SMILES string of the molecule is CCC(C)Nc1cc(C)cc(C(F)(F)F)c1. The molecule has 0 aliphatic carbocycles. The molecule has 1 aromatic carbocycles. The van der Waals surface area contributed by atoms with E-state index in [2.05, 4.69) is 5.32 Å². The summed E-state index contributed by atoms with van der Waals surface area (Å²) in [6, 6.07) is 4.20. The van der Waals surface area contributed by atoms with Gasteiger partial charge in [0.15, 0.2) is 0 Å². The number of rotatable bonds is 3. The van der Waals surface area contributed by atoms with E-state index in [1.807, 2.05) is 13.8 Å². The van der Waals surface area contributed by atoms with Crippen molar-refractivity contribution in [2.45, 2.75) is 39.4 Å². The highest BCUT2D eigenvalue weighted by atomic mass is 19.4. The Bertz CT molecular complexity index is 358. The van der Waals surface area contributed by atoms with Gasteiger partial charge in [-0.3, -0.25) is 0 Å². The fourth-order valence-corrected chi connectivity index (χ4v) is 1.42. The van der Waals surface area contributed by atoms with Crippen LogP contribution in [0.5, 0.6) is 0 Å². The van der Waals surface area contributed by atoms with Gasteiger partial charge < -0.3 is 5.32 Å². The molecule has 0 spiro atoms. The average Bonchev–Trinajstić information content (AvgIpc) is 2.15. The van der Waals surface area contributed by atoms with E-state index in [1.54, 1.807) is 13.0 Å². The summed E-state index contributed by atoms with van der Waals surface area (Å²) < 4.78 is 37.6. The van der Waals surface area contributed by atoms with Crippen LogP contribution in [0.1, 0.15) is 31.4 Å². The molecule has 0 heterocycles. The predicted octanol–water partition coefficient (Wildman–Crippen LogP) is 4.22. The number of hydrogen-bond acceptors (Lipinski definition) is 1. The van der Waals surface area contributed by atoms with E-state index in [9.17, 15) is 13.2 Å². The number of anilines is 1. The van der Waals surface area contributed by atoms with Crippen molar-refractivity contribution in [3.05, 3.63) is 29.3 Å². The van der Waals surface area contributed by atoms with Crippen molar-refractivity contribution in [2.24, 2.45) is 0 Å². The summed E-state index contributed by atoms with van der Waals surface area (Å²) in [5, 5.41) is 3.04. The molecule has 1 rings (SSSR count). The van der Waals surface area contributed by atoms with E-state index in [1.165, 1.54) is 0 Å². The summed E-state index contributed by atoms with van der Waals surface area (Å²) in [6.07, 6.45) is -3.41. The topological polar surface area (TPSA) is 12.0 Å². The van der Waals surface area contributed by atoms with E-state index in [0.29, 0.717) is 11.3 Å². The zero-order chi connectivity index (χ0) is 12.3. The van der Waals surface area contributed by atoms with Gasteiger partial charge in [0.25, 0.3) is 0 Å². The minimum absolute atomic E-state index is 0.169. The Kier molecular flexibility index (Phi) is 3.83. The maximum atomic E-state index is 12.5. The number of alkyl halides is 3. The minimum atomic E-state index is -4.28. The second-order valence-corrected chi connectivity index (χ2v) is 4.04. The van der Waals surface area contributed by atoms with Gasteiger partial charge in [0.05, 0.1) is 5.56 Å². The molecular weight excluding hydrogens is 215 g/mol. The molecule has 1 aromatic rings. The molecule has 1 N–H and O–H groups in total. The summed E-state index contributed by atoms with van der Waals surface area (Å²) in [4.78, 5) is 0. The van der Waals surface area contributed by atoms with Gasteiger partial charge in [0.1, 0.15) is 0 Å². The largest absolute Gasteiger partial charge is 0.416 e. The van der Waals surface area contributed by atoms with Crippen LogP contribution < -0.4 is 5.32 Å². The fourth-order valence-electron chi connectivity index (χ4n) is 1.42. The van der Waals surface area contributed by atoms with Crippen LogP contribution in [-0.2, 0) is 6.18 Å². The van der Waals surface area contributed by atoms with Gasteiger partial charge in [-0.1, -0.05) is 6.92 Å². The summed E-state index contributed by atoms with van der Waals surface area (Å²) in [5.41, 5.74) is 0.542. The minimum Gasteiger partial charge on any atom is -0.383 e. The Hall–Kier alpha value is -1.19. The summed E-state index contributed by atoms with van der Waals surface area (Å²) in [5.74, 6) is 0. The average molecular weight is 231 g/mol. The van der Waals surface area contributed by atoms with Gasteiger partial charge in [-0.25, -0.2) is 0 Å². The maximum absolute atomic E-state index is 12.5. The normalized spacial score (nSPS) is 13.6. The highest BCUT2D eigenvalue weighted by Gasteiger charge is 2.30. The first-order valence-corrected chi connectivity index (χ1v) is 5.28. The molecule has 0 fully saturated rings. The van der Waals surface area contributed by atoms with Crippen LogP contribution in [0, 0.1) is 6.92 Å². The molecular formula is C12H16F3N. The number of nitrogens with one attached hydrogen (secondary N) is 1. The summed E-state index contributed by atoms with van der Waals surface area (Å²) >= 11 is 0. The lowest BCUT2D eigenvalue weighted by Gasteiger charge is -2.16. The van der Waals surface area contributed by atoms with Gasteiger partial charge in [0.2, 0.25) is 0 Å². The third-order valence-electron chi connectivity index (χ3n) is 2.43. The van der Waals surface area contributed by atoms with Gasteiger partial charge in [-0.15, -0.1) is 0 Å². The third-order valence-corrected chi connectivity index (χ3v) is 2.43. The molecule has 4 heteroatoms. The van der Waals surface area contributed by atoms with E-state index < -0.39 is 11.7 Å². The number of benzene rings is 1. The first-order valence-electron chi connectivity index (χ1n) is 5.28. The second kappa shape index (κ2) is 4.76. The Morgan fingerprint density at radius 3 is 2.38 bits per heavy atom.